The molecule has 2 heteroatoms. The van der Waals surface area contributed by atoms with Crippen LogP contribution in [0.2, 0.25) is 0 Å². The molecule has 76 valence electrons. The average molecular weight is 191 g/mol. The fraction of sp³-hybridized carbons (Fsp3) is 0.333. The normalized spacial score (nSPS) is 10.8. The third-order valence-electron chi connectivity index (χ3n) is 2.02. The molecule has 2 nitrogen and oxygen atoms in total. The van der Waals surface area contributed by atoms with Gasteiger partial charge in [0.25, 0.3) is 0 Å². The summed E-state index contributed by atoms with van der Waals surface area (Å²) in [6.45, 7) is 2.75. The van der Waals surface area contributed by atoms with Crippen molar-refractivity contribution in [3.8, 4) is 5.75 Å². The summed E-state index contributed by atoms with van der Waals surface area (Å²) in [5.74, 6) is 0.906. The van der Waals surface area contributed by atoms with Gasteiger partial charge in [0.2, 0.25) is 0 Å². The van der Waals surface area contributed by atoms with Crippen LogP contribution in [0, 0.1) is 6.92 Å². The van der Waals surface area contributed by atoms with Gasteiger partial charge in [-0.3, -0.25) is 0 Å². The number of hydrogen-bond acceptors (Lipinski definition) is 2. The van der Waals surface area contributed by atoms with Crippen LogP contribution in [0.3, 0.4) is 0 Å². The molecule has 0 saturated heterocycles. The maximum absolute atomic E-state index is 5.41. The third-order valence-corrected chi connectivity index (χ3v) is 2.02. The van der Waals surface area contributed by atoms with Crippen molar-refractivity contribution in [2.75, 3.05) is 13.7 Å². The number of rotatable bonds is 4. The minimum atomic E-state index is 0.685. The van der Waals surface area contributed by atoms with E-state index in [1.807, 2.05) is 12.1 Å². The summed E-state index contributed by atoms with van der Waals surface area (Å²) in [6.07, 6.45) is 5.02. The number of nitrogens with two attached hydrogens (primary N) is 1. The van der Waals surface area contributed by atoms with Crippen molar-refractivity contribution in [3.05, 3.63) is 35.4 Å². The van der Waals surface area contributed by atoms with Crippen LogP contribution in [-0.4, -0.2) is 13.7 Å². The quantitative estimate of drug-likeness (QED) is 0.793. The van der Waals surface area contributed by atoms with E-state index in [-0.39, 0.29) is 0 Å². The van der Waals surface area contributed by atoms with Gasteiger partial charge in [0.1, 0.15) is 5.75 Å². The highest BCUT2D eigenvalue weighted by Gasteiger charge is 1.98. The lowest BCUT2D eigenvalue weighted by atomic mass is 10.1. The minimum absolute atomic E-state index is 0.685. The molecule has 0 spiro atoms. The Labute approximate surface area is 85.4 Å². The molecule has 0 aliphatic rings. The highest BCUT2D eigenvalue weighted by molar-refractivity contribution is 5.58. The van der Waals surface area contributed by atoms with Crippen molar-refractivity contribution >= 4 is 6.08 Å². The van der Waals surface area contributed by atoms with Crippen molar-refractivity contribution in [2.45, 2.75) is 13.3 Å². The van der Waals surface area contributed by atoms with Crippen molar-refractivity contribution in [1.82, 2.24) is 0 Å². The fourth-order valence-corrected chi connectivity index (χ4v) is 1.29. The van der Waals surface area contributed by atoms with Gasteiger partial charge >= 0.3 is 0 Å². The molecule has 0 fully saturated rings. The van der Waals surface area contributed by atoms with E-state index < -0.39 is 0 Å². The molecule has 1 aromatic carbocycles. The number of hydrogen-bond donors (Lipinski definition) is 1. The lowest BCUT2D eigenvalue weighted by Crippen LogP contribution is -1.95. The van der Waals surface area contributed by atoms with Gasteiger partial charge < -0.3 is 10.5 Å². The highest BCUT2D eigenvalue weighted by atomic mass is 16.5. The lowest BCUT2D eigenvalue weighted by molar-refractivity contribution is 0.413. The third kappa shape index (κ3) is 2.89. The molecule has 0 radical (unpaired) electrons. The second kappa shape index (κ2) is 5.45. The predicted molar refractivity (Wildman–Crippen MR) is 60.4 cm³/mol. The van der Waals surface area contributed by atoms with E-state index in [0.717, 1.165) is 17.7 Å². The Kier molecular flexibility index (Phi) is 4.20. The van der Waals surface area contributed by atoms with Crippen molar-refractivity contribution < 1.29 is 4.74 Å². The van der Waals surface area contributed by atoms with Crippen LogP contribution in [0.25, 0.3) is 6.08 Å². The monoisotopic (exact) mass is 191 g/mol. The van der Waals surface area contributed by atoms with Gasteiger partial charge in [-0.2, -0.15) is 0 Å². The first-order valence-corrected chi connectivity index (χ1v) is 4.79. The Bertz CT molecular complexity index is 318. The van der Waals surface area contributed by atoms with Crippen LogP contribution in [0.4, 0.5) is 0 Å². The SMILES string of the molecule is COc1ccc(C)cc1C=CCCN. The predicted octanol–water partition coefficient (Wildman–Crippen LogP) is 2.37. The zero-order valence-electron chi connectivity index (χ0n) is 8.79. The Morgan fingerprint density at radius 1 is 1.43 bits per heavy atom. The molecule has 0 aromatic heterocycles. The topological polar surface area (TPSA) is 35.2 Å². The summed E-state index contributed by atoms with van der Waals surface area (Å²) in [7, 11) is 1.69. The second-order valence-electron chi connectivity index (χ2n) is 3.23. The highest BCUT2D eigenvalue weighted by Crippen LogP contribution is 2.20. The summed E-state index contributed by atoms with van der Waals surface area (Å²) in [5.41, 5.74) is 7.76. The average Bonchev–Trinajstić information content (AvgIpc) is 2.19. The molecule has 0 unspecified atom stereocenters. The van der Waals surface area contributed by atoms with Gasteiger partial charge in [-0.1, -0.05) is 23.8 Å². The van der Waals surface area contributed by atoms with E-state index in [9.17, 15) is 0 Å². The maximum Gasteiger partial charge on any atom is 0.126 e. The Morgan fingerprint density at radius 3 is 2.86 bits per heavy atom. The molecule has 1 aromatic rings. The van der Waals surface area contributed by atoms with Crippen LogP contribution in [0.1, 0.15) is 17.5 Å². The second-order valence-corrected chi connectivity index (χ2v) is 3.23. The number of aryl methyl sites for hydroxylation is 1. The van der Waals surface area contributed by atoms with E-state index in [1.54, 1.807) is 7.11 Å². The van der Waals surface area contributed by atoms with Gasteiger partial charge in [-0.25, -0.2) is 0 Å². The zero-order valence-corrected chi connectivity index (χ0v) is 8.79. The van der Waals surface area contributed by atoms with Crippen LogP contribution < -0.4 is 10.5 Å². The molecule has 0 heterocycles. The van der Waals surface area contributed by atoms with Crippen molar-refractivity contribution in [1.29, 1.82) is 0 Å². The number of ether oxygens (including phenoxy) is 1. The standard InChI is InChI=1S/C12H17NO/c1-10-6-7-12(14-2)11(9-10)5-3-4-8-13/h3,5-7,9H,4,8,13H2,1-2H3. The van der Waals surface area contributed by atoms with Crippen LogP contribution >= 0.6 is 0 Å². The summed E-state index contributed by atoms with van der Waals surface area (Å²) in [4.78, 5) is 0. The largest absolute Gasteiger partial charge is 0.496 e. The van der Waals surface area contributed by atoms with Gasteiger partial charge in [0, 0.05) is 5.56 Å². The molecule has 0 aliphatic carbocycles. The Balaban J connectivity index is 2.87. The summed E-state index contributed by atoms with van der Waals surface area (Å²) < 4.78 is 5.25. The van der Waals surface area contributed by atoms with E-state index in [1.165, 1.54) is 5.56 Å². The van der Waals surface area contributed by atoms with Gasteiger partial charge in [0.15, 0.2) is 0 Å². The molecule has 1 rings (SSSR count). The van der Waals surface area contributed by atoms with E-state index in [4.69, 9.17) is 10.5 Å². The first-order chi connectivity index (χ1) is 6.77. The molecule has 0 bridgehead atoms. The van der Waals surface area contributed by atoms with Gasteiger partial charge in [-0.05, 0) is 32.0 Å². The molecular weight excluding hydrogens is 174 g/mol. The van der Waals surface area contributed by atoms with E-state index >= 15 is 0 Å². The Hall–Kier alpha value is -1.28. The minimum Gasteiger partial charge on any atom is -0.496 e. The first kappa shape index (κ1) is 10.8. The van der Waals surface area contributed by atoms with Crippen molar-refractivity contribution in [2.24, 2.45) is 5.73 Å². The molecular formula is C12H17NO. The van der Waals surface area contributed by atoms with Crippen LogP contribution in [0.15, 0.2) is 24.3 Å². The Morgan fingerprint density at radius 2 is 2.21 bits per heavy atom. The molecule has 2 N–H and O–H groups in total. The molecule has 0 amide bonds. The van der Waals surface area contributed by atoms with Gasteiger partial charge in [0.05, 0.1) is 7.11 Å². The molecule has 0 saturated carbocycles. The summed E-state index contributed by atoms with van der Waals surface area (Å²) in [6, 6.07) is 6.13. The fourth-order valence-electron chi connectivity index (χ4n) is 1.29. The smallest absolute Gasteiger partial charge is 0.126 e. The molecule has 14 heavy (non-hydrogen) atoms. The summed E-state index contributed by atoms with van der Waals surface area (Å²) in [5, 5.41) is 0. The van der Waals surface area contributed by atoms with Gasteiger partial charge in [-0.15, -0.1) is 0 Å². The van der Waals surface area contributed by atoms with E-state index in [0.29, 0.717) is 6.54 Å². The first-order valence-electron chi connectivity index (χ1n) is 4.79. The molecule has 0 aliphatic heterocycles. The maximum atomic E-state index is 5.41. The van der Waals surface area contributed by atoms with Crippen LogP contribution in [-0.2, 0) is 0 Å². The molecule has 0 atom stereocenters. The lowest BCUT2D eigenvalue weighted by Gasteiger charge is -2.05. The van der Waals surface area contributed by atoms with E-state index in [2.05, 4.69) is 25.1 Å². The zero-order chi connectivity index (χ0) is 10.4. The van der Waals surface area contributed by atoms with Crippen molar-refractivity contribution in [3.63, 3.8) is 0 Å². The van der Waals surface area contributed by atoms with Crippen LogP contribution in [0.5, 0.6) is 5.75 Å². The summed E-state index contributed by atoms with van der Waals surface area (Å²) >= 11 is 0. The number of benzene rings is 1. The number of methoxy groups -OCH3 is 1.